The van der Waals surface area contributed by atoms with Crippen molar-refractivity contribution in [2.24, 2.45) is 5.16 Å². The van der Waals surface area contributed by atoms with Gasteiger partial charge in [-0.2, -0.15) is 0 Å². The third-order valence-corrected chi connectivity index (χ3v) is 2.09. The van der Waals surface area contributed by atoms with Gasteiger partial charge in [0.2, 0.25) is 0 Å². The van der Waals surface area contributed by atoms with Gasteiger partial charge in [0, 0.05) is 0 Å². The van der Waals surface area contributed by atoms with Crippen LogP contribution in [0, 0.1) is 12.3 Å². The second kappa shape index (κ2) is 5.50. The van der Waals surface area contributed by atoms with Crippen LogP contribution in [0.2, 0.25) is 10.0 Å². The molecule has 0 saturated carbocycles. The van der Waals surface area contributed by atoms with E-state index in [-0.39, 0.29) is 6.61 Å². The number of nitrogens with zero attached hydrogens (tertiary/aromatic N) is 1. The van der Waals surface area contributed by atoms with E-state index < -0.39 is 0 Å². The van der Waals surface area contributed by atoms with Crippen LogP contribution in [0.1, 0.15) is 5.56 Å². The molecule has 0 aliphatic heterocycles. The third-order valence-electron chi connectivity index (χ3n) is 1.53. The molecule has 0 spiro atoms. The van der Waals surface area contributed by atoms with Gasteiger partial charge in [-0.1, -0.05) is 34.3 Å². The van der Waals surface area contributed by atoms with Gasteiger partial charge in [-0.15, -0.1) is 6.42 Å². The topological polar surface area (TPSA) is 41.8 Å². The molecular weight excluding hydrogens is 237 g/mol. The minimum absolute atomic E-state index is 0.0902. The molecule has 1 rings (SSSR count). The van der Waals surface area contributed by atoms with Crippen molar-refractivity contribution in [3.8, 4) is 18.1 Å². The van der Waals surface area contributed by atoms with Crippen LogP contribution < -0.4 is 4.74 Å². The van der Waals surface area contributed by atoms with Crippen molar-refractivity contribution < 1.29 is 9.94 Å². The Balaban J connectivity index is 3.05. The van der Waals surface area contributed by atoms with E-state index in [9.17, 15) is 0 Å². The van der Waals surface area contributed by atoms with Crippen LogP contribution >= 0.6 is 23.2 Å². The summed E-state index contributed by atoms with van der Waals surface area (Å²) in [6.07, 6.45) is 6.25. The average molecular weight is 244 g/mol. The Labute approximate surface area is 97.3 Å². The zero-order chi connectivity index (χ0) is 11.3. The normalized spacial score (nSPS) is 10.2. The summed E-state index contributed by atoms with van der Waals surface area (Å²) in [5.41, 5.74) is 0.570. The monoisotopic (exact) mass is 243 g/mol. The predicted octanol–water partition coefficient (Wildman–Crippen LogP) is 2.81. The molecule has 0 amide bonds. The maximum absolute atomic E-state index is 8.34. The first-order chi connectivity index (χ1) is 7.19. The van der Waals surface area contributed by atoms with Crippen LogP contribution in [0.3, 0.4) is 0 Å². The Bertz CT molecular complexity index is 401. The lowest BCUT2D eigenvalue weighted by molar-refractivity contribution is 0.322. The summed E-state index contributed by atoms with van der Waals surface area (Å²) in [6, 6.07) is 3.11. The Morgan fingerprint density at radius 1 is 1.47 bits per heavy atom. The predicted molar refractivity (Wildman–Crippen MR) is 60.2 cm³/mol. The number of rotatable bonds is 3. The Morgan fingerprint density at radius 2 is 2.07 bits per heavy atom. The molecule has 1 aromatic rings. The molecule has 0 atom stereocenters. The summed E-state index contributed by atoms with van der Waals surface area (Å²) in [7, 11) is 0. The van der Waals surface area contributed by atoms with Crippen molar-refractivity contribution in [2.75, 3.05) is 6.61 Å². The maximum atomic E-state index is 8.34. The van der Waals surface area contributed by atoms with Gasteiger partial charge < -0.3 is 9.94 Å². The van der Waals surface area contributed by atoms with Crippen LogP contribution in [-0.2, 0) is 0 Å². The molecule has 78 valence electrons. The van der Waals surface area contributed by atoms with E-state index in [0.717, 1.165) is 0 Å². The highest BCUT2D eigenvalue weighted by Crippen LogP contribution is 2.33. The Hall–Kier alpha value is -1.37. The van der Waals surface area contributed by atoms with Crippen molar-refractivity contribution >= 4 is 29.4 Å². The number of oxime groups is 1. The summed E-state index contributed by atoms with van der Waals surface area (Å²) in [5, 5.41) is 11.8. The molecular formula is C10H7Cl2NO2. The second-order valence-electron chi connectivity index (χ2n) is 2.55. The first kappa shape index (κ1) is 11.7. The first-order valence-corrected chi connectivity index (χ1v) is 4.67. The molecule has 0 aromatic heterocycles. The molecule has 1 aromatic carbocycles. The zero-order valence-electron chi connectivity index (χ0n) is 7.58. The number of hydrogen-bond donors (Lipinski definition) is 1. The minimum Gasteiger partial charge on any atom is -0.478 e. The molecule has 0 radical (unpaired) electrons. The van der Waals surface area contributed by atoms with E-state index in [1.165, 1.54) is 6.21 Å². The summed E-state index contributed by atoms with van der Waals surface area (Å²) in [6.45, 7) is 0.0902. The molecule has 0 fully saturated rings. The van der Waals surface area contributed by atoms with Gasteiger partial charge in [-0.3, -0.25) is 0 Å². The number of halogens is 2. The van der Waals surface area contributed by atoms with Crippen molar-refractivity contribution in [1.29, 1.82) is 0 Å². The van der Waals surface area contributed by atoms with Crippen LogP contribution in [0.4, 0.5) is 0 Å². The number of ether oxygens (including phenoxy) is 1. The number of hydrogen-bond acceptors (Lipinski definition) is 3. The molecule has 0 unspecified atom stereocenters. The van der Waals surface area contributed by atoms with E-state index in [0.29, 0.717) is 21.4 Å². The summed E-state index contributed by atoms with van der Waals surface area (Å²) in [5.74, 6) is 2.63. The standard InChI is InChI=1S/C10H7Cl2NO2/c1-2-3-15-10-8(11)4-7(6-13-14)5-9(10)12/h1,4-6,14H,3H2. The van der Waals surface area contributed by atoms with E-state index in [4.69, 9.17) is 39.6 Å². The number of benzene rings is 1. The van der Waals surface area contributed by atoms with E-state index in [1.807, 2.05) is 0 Å². The fourth-order valence-electron chi connectivity index (χ4n) is 0.972. The molecule has 3 nitrogen and oxygen atoms in total. The maximum Gasteiger partial charge on any atom is 0.157 e. The van der Waals surface area contributed by atoms with E-state index in [2.05, 4.69) is 11.1 Å². The van der Waals surface area contributed by atoms with E-state index in [1.54, 1.807) is 12.1 Å². The van der Waals surface area contributed by atoms with Gasteiger partial charge in [0.25, 0.3) is 0 Å². The highest BCUT2D eigenvalue weighted by atomic mass is 35.5. The smallest absolute Gasteiger partial charge is 0.157 e. The molecule has 0 saturated heterocycles. The van der Waals surface area contributed by atoms with Gasteiger partial charge in [0.1, 0.15) is 6.61 Å². The largest absolute Gasteiger partial charge is 0.478 e. The van der Waals surface area contributed by atoms with Crippen molar-refractivity contribution in [2.45, 2.75) is 0 Å². The van der Waals surface area contributed by atoms with Crippen molar-refractivity contribution in [3.05, 3.63) is 27.7 Å². The van der Waals surface area contributed by atoms with Gasteiger partial charge in [0.15, 0.2) is 5.75 Å². The first-order valence-electron chi connectivity index (χ1n) is 3.91. The van der Waals surface area contributed by atoms with Gasteiger partial charge in [-0.25, -0.2) is 0 Å². The van der Waals surface area contributed by atoms with Crippen LogP contribution in [0.25, 0.3) is 0 Å². The Morgan fingerprint density at radius 3 is 2.53 bits per heavy atom. The lowest BCUT2D eigenvalue weighted by atomic mass is 10.2. The average Bonchev–Trinajstić information content (AvgIpc) is 2.17. The van der Waals surface area contributed by atoms with Crippen LogP contribution in [0.15, 0.2) is 17.3 Å². The van der Waals surface area contributed by atoms with Crippen molar-refractivity contribution in [3.63, 3.8) is 0 Å². The van der Waals surface area contributed by atoms with Crippen LogP contribution in [0.5, 0.6) is 5.75 Å². The van der Waals surface area contributed by atoms with E-state index >= 15 is 0 Å². The quantitative estimate of drug-likeness (QED) is 0.384. The summed E-state index contributed by atoms with van der Waals surface area (Å²) < 4.78 is 5.14. The third kappa shape index (κ3) is 3.05. The van der Waals surface area contributed by atoms with Gasteiger partial charge in [-0.05, 0) is 17.7 Å². The molecule has 0 aliphatic carbocycles. The lowest BCUT2D eigenvalue weighted by Crippen LogP contribution is -1.96. The zero-order valence-corrected chi connectivity index (χ0v) is 9.09. The molecule has 5 heteroatoms. The fraction of sp³-hybridized carbons (Fsp3) is 0.100. The molecule has 0 aliphatic rings. The summed E-state index contributed by atoms with van der Waals surface area (Å²) >= 11 is 11.8. The number of terminal acetylenes is 1. The SMILES string of the molecule is C#CCOc1c(Cl)cc(C=NO)cc1Cl. The second-order valence-corrected chi connectivity index (χ2v) is 3.37. The van der Waals surface area contributed by atoms with Gasteiger partial charge >= 0.3 is 0 Å². The summed E-state index contributed by atoms with van der Waals surface area (Å²) in [4.78, 5) is 0. The lowest BCUT2D eigenvalue weighted by Gasteiger charge is -2.07. The highest BCUT2D eigenvalue weighted by molar-refractivity contribution is 6.37. The van der Waals surface area contributed by atoms with Crippen LogP contribution in [-0.4, -0.2) is 18.0 Å². The van der Waals surface area contributed by atoms with Gasteiger partial charge in [0.05, 0.1) is 16.3 Å². The molecule has 1 N–H and O–H groups in total. The Kier molecular flexibility index (Phi) is 4.29. The molecule has 0 heterocycles. The van der Waals surface area contributed by atoms with Crippen molar-refractivity contribution in [1.82, 2.24) is 0 Å². The molecule has 0 bridgehead atoms. The fourth-order valence-corrected chi connectivity index (χ4v) is 1.59. The minimum atomic E-state index is 0.0902. The highest BCUT2D eigenvalue weighted by Gasteiger charge is 2.08. The molecule has 15 heavy (non-hydrogen) atoms.